The summed E-state index contributed by atoms with van der Waals surface area (Å²) in [7, 11) is 0. The number of nitrogens with one attached hydrogen (secondary N) is 1. The summed E-state index contributed by atoms with van der Waals surface area (Å²) in [6.45, 7) is 3.58. The first-order valence-electron chi connectivity index (χ1n) is 6.34. The standard InChI is InChI=1S/C16H16ClNO2/c1-10-12(7-5-9-15(10)19)16(20)18-11(2)13-6-3-4-8-14(13)17/h3-9,11,19H,1-2H3,(H,18,20). The smallest absolute Gasteiger partial charge is 0.252 e. The maximum atomic E-state index is 12.2. The van der Waals surface area contributed by atoms with Gasteiger partial charge in [0, 0.05) is 16.1 Å². The highest BCUT2D eigenvalue weighted by atomic mass is 35.5. The van der Waals surface area contributed by atoms with Gasteiger partial charge in [-0.05, 0) is 37.6 Å². The summed E-state index contributed by atoms with van der Waals surface area (Å²) in [5.74, 6) is -0.117. The lowest BCUT2D eigenvalue weighted by Gasteiger charge is -2.16. The molecule has 0 heterocycles. The Balaban J connectivity index is 2.20. The number of halogens is 1. The number of hydrogen-bond acceptors (Lipinski definition) is 2. The quantitative estimate of drug-likeness (QED) is 0.902. The second-order valence-corrected chi connectivity index (χ2v) is 5.07. The summed E-state index contributed by atoms with van der Waals surface area (Å²) in [5, 5.41) is 13.1. The Morgan fingerprint density at radius 2 is 1.90 bits per heavy atom. The maximum absolute atomic E-state index is 12.2. The maximum Gasteiger partial charge on any atom is 0.252 e. The molecule has 4 heteroatoms. The fourth-order valence-electron chi connectivity index (χ4n) is 2.05. The summed E-state index contributed by atoms with van der Waals surface area (Å²) in [4.78, 5) is 12.2. The van der Waals surface area contributed by atoms with Crippen molar-refractivity contribution in [3.05, 3.63) is 64.2 Å². The van der Waals surface area contributed by atoms with E-state index in [2.05, 4.69) is 5.32 Å². The molecule has 2 rings (SSSR count). The third kappa shape index (κ3) is 2.94. The van der Waals surface area contributed by atoms with Crippen molar-refractivity contribution in [2.45, 2.75) is 19.9 Å². The van der Waals surface area contributed by atoms with E-state index < -0.39 is 0 Å². The van der Waals surface area contributed by atoms with E-state index in [-0.39, 0.29) is 17.7 Å². The molecule has 3 nitrogen and oxygen atoms in total. The van der Waals surface area contributed by atoms with Gasteiger partial charge in [0.25, 0.3) is 5.91 Å². The van der Waals surface area contributed by atoms with E-state index in [4.69, 9.17) is 11.6 Å². The second kappa shape index (κ2) is 5.97. The van der Waals surface area contributed by atoms with Crippen LogP contribution in [0, 0.1) is 6.92 Å². The molecule has 0 aromatic heterocycles. The minimum atomic E-state index is -0.231. The van der Waals surface area contributed by atoms with E-state index >= 15 is 0 Å². The van der Waals surface area contributed by atoms with Gasteiger partial charge in [-0.1, -0.05) is 35.9 Å². The molecule has 104 valence electrons. The molecule has 1 atom stereocenters. The number of amides is 1. The third-order valence-electron chi connectivity index (χ3n) is 3.27. The Bertz CT molecular complexity index is 640. The van der Waals surface area contributed by atoms with E-state index in [1.807, 2.05) is 25.1 Å². The fraction of sp³-hybridized carbons (Fsp3) is 0.188. The van der Waals surface area contributed by atoms with Gasteiger partial charge in [0.05, 0.1) is 6.04 Å². The molecule has 2 N–H and O–H groups in total. The van der Waals surface area contributed by atoms with E-state index in [1.54, 1.807) is 31.2 Å². The molecule has 0 radical (unpaired) electrons. The molecule has 1 amide bonds. The van der Waals surface area contributed by atoms with E-state index in [0.29, 0.717) is 16.1 Å². The van der Waals surface area contributed by atoms with Crippen molar-refractivity contribution in [1.29, 1.82) is 0 Å². The normalized spacial score (nSPS) is 11.9. The van der Waals surface area contributed by atoms with E-state index in [0.717, 1.165) is 5.56 Å². The van der Waals surface area contributed by atoms with Crippen molar-refractivity contribution in [1.82, 2.24) is 5.32 Å². The van der Waals surface area contributed by atoms with Gasteiger partial charge in [-0.15, -0.1) is 0 Å². The highest BCUT2D eigenvalue weighted by Gasteiger charge is 2.16. The first-order chi connectivity index (χ1) is 9.50. The molecule has 2 aromatic rings. The van der Waals surface area contributed by atoms with Crippen molar-refractivity contribution >= 4 is 17.5 Å². The Labute approximate surface area is 123 Å². The van der Waals surface area contributed by atoms with Crippen molar-refractivity contribution < 1.29 is 9.90 Å². The number of phenols is 1. The molecule has 2 aromatic carbocycles. The van der Waals surface area contributed by atoms with Gasteiger partial charge in [-0.3, -0.25) is 4.79 Å². The number of rotatable bonds is 3. The van der Waals surface area contributed by atoms with Crippen molar-refractivity contribution in [3.8, 4) is 5.75 Å². The van der Waals surface area contributed by atoms with Gasteiger partial charge in [0.2, 0.25) is 0 Å². The van der Waals surface area contributed by atoms with Crippen LogP contribution in [0.3, 0.4) is 0 Å². The predicted octanol–water partition coefficient (Wildman–Crippen LogP) is 3.85. The molecule has 20 heavy (non-hydrogen) atoms. The average Bonchev–Trinajstić information content (AvgIpc) is 2.42. The molecule has 0 spiro atoms. The summed E-state index contributed by atoms with van der Waals surface area (Å²) in [6.07, 6.45) is 0. The topological polar surface area (TPSA) is 49.3 Å². The number of aromatic hydroxyl groups is 1. The van der Waals surface area contributed by atoms with Crippen LogP contribution in [0.1, 0.15) is 34.5 Å². The first-order valence-corrected chi connectivity index (χ1v) is 6.72. The van der Waals surface area contributed by atoms with E-state index in [1.165, 1.54) is 0 Å². The first kappa shape index (κ1) is 14.4. The zero-order chi connectivity index (χ0) is 14.7. The van der Waals surface area contributed by atoms with Gasteiger partial charge >= 0.3 is 0 Å². The van der Waals surface area contributed by atoms with Gasteiger partial charge in [-0.25, -0.2) is 0 Å². The van der Waals surface area contributed by atoms with Crippen LogP contribution in [-0.2, 0) is 0 Å². The van der Waals surface area contributed by atoms with Gasteiger partial charge in [0.15, 0.2) is 0 Å². The second-order valence-electron chi connectivity index (χ2n) is 4.67. The Morgan fingerprint density at radius 1 is 1.20 bits per heavy atom. The Kier molecular flexibility index (Phi) is 4.30. The number of carbonyl (C=O) groups excluding carboxylic acids is 1. The molecule has 0 aliphatic heterocycles. The van der Waals surface area contributed by atoms with Crippen LogP contribution < -0.4 is 5.32 Å². The summed E-state index contributed by atoms with van der Waals surface area (Å²) < 4.78 is 0. The van der Waals surface area contributed by atoms with Crippen molar-refractivity contribution in [3.63, 3.8) is 0 Å². The van der Waals surface area contributed by atoms with Crippen molar-refractivity contribution in [2.24, 2.45) is 0 Å². The van der Waals surface area contributed by atoms with Crippen molar-refractivity contribution in [2.75, 3.05) is 0 Å². The van der Waals surface area contributed by atoms with Crippen LogP contribution in [0.2, 0.25) is 5.02 Å². The van der Waals surface area contributed by atoms with Crippen LogP contribution in [0.5, 0.6) is 5.75 Å². The predicted molar refractivity (Wildman–Crippen MR) is 80.2 cm³/mol. The summed E-state index contributed by atoms with van der Waals surface area (Å²) >= 11 is 6.11. The van der Waals surface area contributed by atoms with Gasteiger partial charge in [-0.2, -0.15) is 0 Å². The Morgan fingerprint density at radius 3 is 2.60 bits per heavy atom. The summed E-state index contributed by atoms with van der Waals surface area (Å²) in [5.41, 5.74) is 1.89. The third-order valence-corrected chi connectivity index (χ3v) is 3.61. The molecule has 0 aliphatic carbocycles. The molecular weight excluding hydrogens is 274 g/mol. The number of carbonyl (C=O) groups is 1. The van der Waals surface area contributed by atoms with Crippen LogP contribution >= 0.6 is 11.6 Å². The molecular formula is C16H16ClNO2. The average molecular weight is 290 g/mol. The lowest BCUT2D eigenvalue weighted by molar-refractivity contribution is 0.0939. The fourth-order valence-corrected chi connectivity index (χ4v) is 2.35. The molecule has 0 saturated heterocycles. The highest BCUT2D eigenvalue weighted by molar-refractivity contribution is 6.31. The molecule has 0 fully saturated rings. The molecule has 0 aliphatic rings. The molecule has 0 saturated carbocycles. The molecule has 0 bridgehead atoms. The minimum Gasteiger partial charge on any atom is -0.508 e. The van der Waals surface area contributed by atoms with Crippen LogP contribution in [0.15, 0.2) is 42.5 Å². The van der Waals surface area contributed by atoms with Gasteiger partial charge in [0.1, 0.15) is 5.75 Å². The number of phenolic OH excluding ortho intramolecular Hbond substituents is 1. The number of benzene rings is 2. The largest absolute Gasteiger partial charge is 0.508 e. The lowest BCUT2D eigenvalue weighted by atomic mass is 10.0. The lowest BCUT2D eigenvalue weighted by Crippen LogP contribution is -2.27. The minimum absolute atomic E-state index is 0.114. The van der Waals surface area contributed by atoms with Gasteiger partial charge < -0.3 is 10.4 Å². The zero-order valence-electron chi connectivity index (χ0n) is 11.4. The Hall–Kier alpha value is -2.00. The SMILES string of the molecule is Cc1c(O)cccc1C(=O)NC(C)c1ccccc1Cl. The highest BCUT2D eigenvalue weighted by Crippen LogP contribution is 2.24. The monoisotopic (exact) mass is 289 g/mol. The van der Waals surface area contributed by atoms with Crippen LogP contribution in [0.4, 0.5) is 0 Å². The summed E-state index contributed by atoms with van der Waals surface area (Å²) in [6, 6.07) is 12.1. The van der Waals surface area contributed by atoms with Crippen LogP contribution in [0.25, 0.3) is 0 Å². The molecule has 1 unspecified atom stereocenters. The van der Waals surface area contributed by atoms with E-state index in [9.17, 15) is 9.90 Å². The van der Waals surface area contributed by atoms with Crippen LogP contribution in [-0.4, -0.2) is 11.0 Å². The number of hydrogen-bond donors (Lipinski definition) is 2. The zero-order valence-corrected chi connectivity index (χ0v) is 12.1.